The van der Waals surface area contributed by atoms with Crippen molar-refractivity contribution in [3.63, 3.8) is 0 Å². The van der Waals surface area contributed by atoms with E-state index in [1.807, 2.05) is 6.92 Å². The molecule has 1 heterocycles. The summed E-state index contributed by atoms with van der Waals surface area (Å²) < 4.78 is 25.0. The van der Waals surface area contributed by atoms with Crippen LogP contribution in [0, 0.1) is 0 Å². The van der Waals surface area contributed by atoms with E-state index in [-0.39, 0.29) is 5.75 Å². The van der Waals surface area contributed by atoms with E-state index in [2.05, 4.69) is 21.7 Å². The maximum atomic E-state index is 11.8. The smallest absolute Gasteiger partial charge is 0.214 e. The van der Waals surface area contributed by atoms with Crippen LogP contribution in [-0.4, -0.2) is 57.2 Å². The van der Waals surface area contributed by atoms with Crippen molar-refractivity contribution in [3.05, 3.63) is 11.6 Å². The van der Waals surface area contributed by atoms with E-state index in [9.17, 15) is 8.42 Å². The minimum absolute atomic E-state index is 0.282. The van der Waals surface area contributed by atoms with Gasteiger partial charge in [0.1, 0.15) is 0 Å². The SMILES string of the molecule is CCNC(=NCCN1CCCS1(=O)=O)NCCC1=CCCCC1. The topological polar surface area (TPSA) is 73.8 Å². The second-order valence-electron chi connectivity index (χ2n) is 6.11. The Morgan fingerprint density at radius 2 is 2.17 bits per heavy atom. The normalized spacial score (nSPS) is 22.0. The minimum Gasteiger partial charge on any atom is -0.357 e. The highest BCUT2D eigenvalue weighted by Gasteiger charge is 2.27. The number of nitrogens with one attached hydrogen (secondary N) is 2. The van der Waals surface area contributed by atoms with Crippen LogP contribution in [0.4, 0.5) is 0 Å². The lowest BCUT2D eigenvalue weighted by Gasteiger charge is -2.16. The Kier molecular flexibility index (Phi) is 7.36. The predicted molar refractivity (Wildman–Crippen MR) is 95.1 cm³/mol. The molecule has 0 unspecified atom stereocenters. The third kappa shape index (κ3) is 6.14. The third-order valence-corrected chi connectivity index (χ3v) is 6.25. The Morgan fingerprint density at radius 1 is 1.30 bits per heavy atom. The van der Waals surface area contributed by atoms with Crippen molar-refractivity contribution in [2.45, 2.75) is 45.4 Å². The molecule has 0 aromatic heterocycles. The summed E-state index contributed by atoms with van der Waals surface area (Å²) in [6.07, 6.45) is 9.23. The van der Waals surface area contributed by atoms with Crippen LogP contribution in [0.25, 0.3) is 0 Å². The van der Waals surface area contributed by atoms with Crippen LogP contribution in [0.15, 0.2) is 16.6 Å². The first kappa shape index (κ1) is 18.3. The summed E-state index contributed by atoms with van der Waals surface area (Å²) >= 11 is 0. The molecule has 0 spiro atoms. The molecule has 2 N–H and O–H groups in total. The van der Waals surface area contributed by atoms with Gasteiger partial charge in [0.2, 0.25) is 10.0 Å². The monoisotopic (exact) mass is 342 g/mol. The fourth-order valence-electron chi connectivity index (χ4n) is 3.03. The summed E-state index contributed by atoms with van der Waals surface area (Å²) in [5, 5.41) is 6.56. The van der Waals surface area contributed by atoms with Gasteiger partial charge in [-0.3, -0.25) is 4.99 Å². The Balaban J connectivity index is 1.74. The standard InChI is InChI=1S/C16H30N4O2S/c1-2-17-16(18-10-9-15-7-4-3-5-8-15)19-11-13-20-12-6-14-23(20,21)22/h7H,2-6,8-14H2,1H3,(H2,17,18,19). The first-order valence-corrected chi connectivity index (χ1v) is 10.4. The Hall–Kier alpha value is -1.08. The quantitative estimate of drug-likeness (QED) is 0.417. The molecule has 1 fully saturated rings. The molecule has 6 nitrogen and oxygen atoms in total. The maximum Gasteiger partial charge on any atom is 0.214 e. The largest absolute Gasteiger partial charge is 0.357 e. The average Bonchev–Trinajstić information content (AvgIpc) is 2.87. The van der Waals surface area contributed by atoms with Gasteiger partial charge in [0.15, 0.2) is 5.96 Å². The summed E-state index contributed by atoms with van der Waals surface area (Å²) in [4.78, 5) is 4.49. The van der Waals surface area contributed by atoms with Gasteiger partial charge in [-0.15, -0.1) is 0 Å². The molecule has 132 valence electrons. The second-order valence-corrected chi connectivity index (χ2v) is 8.20. The van der Waals surface area contributed by atoms with Crippen LogP contribution >= 0.6 is 0 Å². The van der Waals surface area contributed by atoms with E-state index in [1.165, 1.54) is 25.7 Å². The molecule has 0 atom stereocenters. The molecular formula is C16H30N4O2S. The Bertz CT molecular complexity index is 528. The molecule has 2 rings (SSSR count). The van der Waals surface area contributed by atoms with Gasteiger partial charge in [-0.25, -0.2) is 12.7 Å². The van der Waals surface area contributed by atoms with E-state index in [0.717, 1.165) is 31.9 Å². The van der Waals surface area contributed by atoms with E-state index in [0.29, 0.717) is 19.6 Å². The number of rotatable bonds is 7. The number of hydrogen-bond acceptors (Lipinski definition) is 3. The molecule has 0 amide bonds. The summed E-state index contributed by atoms with van der Waals surface area (Å²) in [7, 11) is -3.01. The van der Waals surface area contributed by atoms with Crippen molar-refractivity contribution < 1.29 is 8.42 Å². The summed E-state index contributed by atoms with van der Waals surface area (Å²) in [5.41, 5.74) is 1.54. The van der Waals surface area contributed by atoms with Crippen LogP contribution < -0.4 is 10.6 Å². The Labute approximate surface area is 140 Å². The van der Waals surface area contributed by atoms with Crippen molar-refractivity contribution in [3.8, 4) is 0 Å². The lowest BCUT2D eigenvalue weighted by Crippen LogP contribution is -2.38. The van der Waals surface area contributed by atoms with Crippen molar-refractivity contribution in [1.82, 2.24) is 14.9 Å². The van der Waals surface area contributed by atoms with Gasteiger partial charge in [-0.1, -0.05) is 11.6 Å². The summed E-state index contributed by atoms with van der Waals surface area (Å²) in [6.45, 7) is 5.32. The first-order chi connectivity index (χ1) is 11.1. The zero-order valence-electron chi connectivity index (χ0n) is 14.2. The van der Waals surface area contributed by atoms with Crippen molar-refractivity contribution in [1.29, 1.82) is 0 Å². The molecule has 1 aliphatic carbocycles. The lowest BCUT2D eigenvalue weighted by molar-refractivity contribution is 0.452. The van der Waals surface area contributed by atoms with Gasteiger partial charge < -0.3 is 10.6 Å². The highest BCUT2D eigenvalue weighted by atomic mass is 32.2. The lowest BCUT2D eigenvalue weighted by atomic mass is 9.97. The van der Waals surface area contributed by atoms with Gasteiger partial charge in [0.05, 0.1) is 12.3 Å². The van der Waals surface area contributed by atoms with Crippen LogP contribution in [0.5, 0.6) is 0 Å². The number of allylic oxidation sites excluding steroid dienone is 1. The first-order valence-electron chi connectivity index (χ1n) is 8.80. The van der Waals surface area contributed by atoms with E-state index >= 15 is 0 Å². The number of guanidine groups is 1. The zero-order chi connectivity index (χ0) is 16.5. The number of hydrogen-bond donors (Lipinski definition) is 2. The molecular weight excluding hydrogens is 312 g/mol. The van der Waals surface area contributed by atoms with Crippen LogP contribution in [0.1, 0.15) is 45.4 Å². The molecule has 0 bridgehead atoms. The third-order valence-electron chi connectivity index (χ3n) is 4.29. The number of nitrogens with zero attached hydrogens (tertiary/aromatic N) is 2. The van der Waals surface area contributed by atoms with E-state index in [4.69, 9.17) is 0 Å². The molecule has 2 aliphatic rings. The van der Waals surface area contributed by atoms with Crippen LogP contribution in [0.2, 0.25) is 0 Å². The molecule has 0 saturated carbocycles. The number of aliphatic imine (C=N–C) groups is 1. The van der Waals surface area contributed by atoms with Crippen molar-refractivity contribution >= 4 is 16.0 Å². The van der Waals surface area contributed by atoms with Gasteiger partial charge in [0.25, 0.3) is 0 Å². The fourth-order valence-corrected chi connectivity index (χ4v) is 4.55. The minimum atomic E-state index is -3.01. The highest BCUT2D eigenvalue weighted by Crippen LogP contribution is 2.19. The van der Waals surface area contributed by atoms with Gasteiger partial charge in [-0.2, -0.15) is 0 Å². The van der Waals surface area contributed by atoms with Gasteiger partial charge in [0, 0.05) is 26.2 Å². The highest BCUT2D eigenvalue weighted by molar-refractivity contribution is 7.89. The van der Waals surface area contributed by atoms with Gasteiger partial charge in [-0.05, 0) is 45.4 Å². The molecule has 7 heteroatoms. The average molecular weight is 343 g/mol. The van der Waals surface area contributed by atoms with Gasteiger partial charge >= 0.3 is 0 Å². The van der Waals surface area contributed by atoms with Crippen LogP contribution in [0.3, 0.4) is 0 Å². The summed E-state index contributed by atoms with van der Waals surface area (Å²) in [6, 6.07) is 0. The molecule has 1 aliphatic heterocycles. The molecule has 23 heavy (non-hydrogen) atoms. The molecule has 1 saturated heterocycles. The Morgan fingerprint density at radius 3 is 2.83 bits per heavy atom. The zero-order valence-corrected chi connectivity index (χ0v) is 15.0. The molecule has 0 radical (unpaired) electrons. The second kappa shape index (κ2) is 9.27. The fraction of sp³-hybridized carbons (Fsp3) is 0.812. The van der Waals surface area contributed by atoms with E-state index in [1.54, 1.807) is 9.88 Å². The van der Waals surface area contributed by atoms with Crippen LogP contribution in [-0.2, 0) is 10.0 Å². The maximum absolute atomic E-state index is 11.8. The molecule has 0 aromatic carbocycles. The summed E-state index contributed by atoms with van der Waals surface area (Å²) in [5.74, 6) is 1.06. The van der Waals surface area contributed by atoms with E-state index < -0.39 is 10.0 Å². The van der Waals surface area contributed by atoms with Crippen molar-refractivity contribution in [2.75, 3.05) is 38.5 Å². The predicted octanol–water partition coefficient (Wildman–Crippen LogP) is 1.47. The number of sulfonamides is 1. The van der Waals surface area contributed by atoms with Crippen molar-refractivity contribution in [2.24, 2.45) is 4.99 Å². The molecule has 0 aromatic rings.